The van der Waals surface area contributed by atoms with Crippen molar-refractivity contribution in [3.05, 3.63) is 108 Å². The van der Waals surface area contributed by atoms with Gasteiger partial charge in [-0.1, -0.05) is 48.5 Å². The lowest BCUT2D eigenvalue weighted by Crippen LogP contribution is -1.99. The molecule has 0 saturated carbocycles. The second-order valence-electron chi connectivity index (χ2n) is 17.5. The molecule has 19 rings (SSSR count). The molecule has 0 atom stereocenters. The summed E-state index contributed by atoms with van der Waals surface area (Å²) in [5.74, 6) is 0. The first-order valence-corrected chi connectivity index (χ1v) is 19.6. The largest absolute Gasteiger partial charge is 0.0759 e. The predicted octanol–water partition coefficient (Wildman–Crippen LogP) is 14.4. The van der Waals surface area contributed by atoms with Crippen LogP contribution in [0.15, 0.2) is 97.1 Å². The van der Waals surface area contributed by atoms with Crippen LogP contribution in [-0.4, -0.2) is 0 Å². The molecule has 18 aromatic carbocycles. The van der Waals surface area contributed by atoms with Crippen molar-refractivity contribution >= 4 is 189 Å². The number of rotatable bonds is 0. The number of hydrogen-bond donors (Lipinski definition) is 0. The molecule has 234 valence electrons. The Balaban J connectivity index is 1.42. The van der Waals surface area contributed by atoms with E-state index in [1.807, 2.05) is 0 Å². The summed E-state index contributed by atoms with van der Waals surface area (Å²) in [5, 5.41) is 51.0. The molecule has 0 heteroatoms. The van der Waals surface area contributed by atoms with Crippen LogP contribution in [0.3, 0.4) is 0 Å². The average molecular weight is 668 g/mol. The third-order valence-corrected chi connectivity index (χ3v) is 15.6. The Morgan fingerprint density at radius 3 is 1.35 bits per heavy atom. The zero-order chi connectivity index (χ0) is 33.5. The Morgan fingerprint density at radius 2 is 0.685 bits per heavy atom. The van der Waals surface area contributed by atoms with Crippen LogP contribution in [0.25, 0.3) is 189 Å². The van der Waals surface area contributed by atoms with Crippen LogP contribution in [-0.2, 0) is 6.42 Å². The zero-order valence-electron chi connectivity index (χ0n) is 28.5. The molecule has 18 aromatic rings. The third-order valence-electron chi connectivity index (χ3n) is 15.6. The van der Waals surface area contributed by atoms with Crippen LogP contribution < -0.4 is 5.22 Å². The standard InChI is InChI=1S/C54H19/c1-2-20-14-22-5-6-24-16-26-9-10-28-18-30-12-11-29-17-27-8-7-25-15-23-4-3-21-13-19(1)31-33(21)44-35(23)36(25)46-39(27)41(29)48-42(30)40(28)47-38(26)37(24)45-34(22)32(20)43(31)49-50(44)52(46)54(48)53(47)51(45)49/h1-11,13-18H,12H2/q+1. The molecule has 0 unspecified atom stereocenters. The van der Waals surface area contributed by atoms with Gasteiger partial charge in [-0.2, -0.15) is 0 Å². The van der Waals surface area contributed by atoms with Crippen molar-refractivity contribution in [2.24, 2.45) is 0 Å². The first kappa shape index (κ1) is 23.6. The maximum absolute atomic E-state index is 2.56. The minimum Gasteiger partial charge on any atom is -0.0722 e. The molecule has 0 aliphatic heterocycles. The summed E-state index contributed by atoms with van der Waals surface area (Å²) in [6.07, 6.45) is 3.52. The van der Waals surface area contributed by atoms with E-state index in [9.17, 15) is 0 Å². The van der Waals surface area contributed by atoms with Gasteiger partial charge in [0.05, 0.1) is 37.7 Å². The van der Waals surface area contributed by atoms with Crippen molar-refractivity contribution in [3.63, 3.8) is 0 Å². The van der Waals surface area contributed by atoms with Gasteiger partial charge in [0.2, 0.25) is 0 Å². The fraction of sp³-hybridized carbons (Fsp3) is 0.0185. The summed E-state index contributed by atoms with van der Waals surface area (Å²) in [6.45, 7) is 0. The SMILES string of the molecule is C1=c2cc3ccc4cc5ccc6cc7ccc8cc9ccc%10cc%11ccc%12cc(c%13c%12c%12c%11c%10c%10c%11c%12c%12c%13c2c3c2c4c5c3c6c7c(c%11c3c2%12)[c+]8c9%10)C1. The molecule has 0 fully saturated rings. The van der Waals surface area contributed by atoms with E-state index in [4.69, 9.17) is 0 Å². The van der Waals surface area contributed by atoms with Crippen LogP contribution in [0, 0.1) is 0 Å². The van der Waals surface area contributed by atoms with Crippen molar-refractivity contribution in [1.29, 1.82) is 0 Å². The highest BCUT2D eigenvalue weighted by Crippen LogP contribution is 2.64. The molecule has 0 bridgehead atoms. The average Bonchev–Trinajstić information content (AvgIpc) is 3.95. The Kier molecular flexibility index (Phi) is 2.89. The summed E-state index contributed by atoms with van der Waals surface area (Å²) >= 11 is 0. The Morgan fingerprint density at radius 1 is 0.278 bits per heavy atom. The van der Waals surface area contributed by atoms with Crippen LogP contribution in [0.2, 0.25) is 0 Å². The summed E-state index contributed by atoms with van der Waals surface area (Å²) in [6, 6.07) is 39.5. The molecule has 0 heterocycles. The molecular formula is C54H19+. The van der Waals surface area contributed by atoms with Gasteiger partial charge < -0.3 is 0 Å². The molecule has 0 aromatic heterocycles. The summed E-state index contributed by atoms with van der Waals surface area (Å²) in [5.41, 5.74) is 1.49. The van der Waals surface area contributed by atoms with Crippen molar-refractivity contribution in [2.45, 2.75) is 6.42 Å². The van der Waals surface area contributed by atoms with Crippen LogP contribution in [0.4, 0.5) is 0 Å². The molecule has 0 spiro atoms. The van der Waals surface area contributed by atoms with Gasteiger partial charge in [-0.25, -0.2) is 0 Å². The Labute approximate surface area is 302 Å². The lowest BCUT2D eigenvalue weighted by Gasteiger charge is -2.24. The quantitative estimate of drug-likeness (QED) is 0.0858. The lowest BCUT2D eigenvalue weighted by atomic mass is 9.75. The highest BCUT2D eigenvalue weighted by Gasteiger charge is 2.38. The van der Waals surface area contributed by atoms with E-state index in [1.54, 1.807) is 0 Å². The van der Waals surface area contributed by atoms with Crippen LogP contribution in [0.1, 0.15) is 5.56 Å². The zero-order valence-corrected chi connectivity index (χ0v) is 28.5. The van der Waals surface area contributed by atoms with E-state index in [-0.39, 0.29) is 0 Å². The van der Waals surface area contributed by atoms with Crippen LogP contribution >= 0.6 is 0 Å². The van der Waals surface area contributed by atoms with E-state index in [0.717, 1.165) is 6.42 Å². The summed E-state index contributed by atoms with van der Waals surface area (Å²) < 4.78 is 0. The minimum atomic E-state index is 0.965. The fourth-order valence-electron chi connectivity index (χ4n) is 14.1. The predicted molar refractivity (Wildman–Crippen MR) is 235 cm³/mol. The molecule has 54 heavy (non-hydrogen) atoms. The first-order valence-electron chi connectivity index (χ1n) is 19.6. The topological polar surface area (TPSA) is 0 Å². The molecular weight excluding hydrogens is 649 g/mol. The molecule has 0 N–H and O–H groups in total. The highest BCUT2D eigenvalue weighted by atomic mass is 14.4. The van der Waals surface area contributed by atoms with Gasteiger partial charge in [-0.3, -0.25) is 0 Å². The number of hydrogen-bond acceptors (Lipinski definition) is 0. The summed E-state index contributed by atoms with van der Waals surface area (Å²) in [4.78, 5) is 0. The number of benzene rings is 7. The van der Waals surface area contributed by atoms with E-state index in [1.165, 1.54) is 194 Å². The van der Waals surface area contributed by atoms with Crippen molar-refractivity contribution < 1.29 is 0 Å². The third kappa shape index (κ3) is 1.90. The second kappa shape index (κ2) is 6.61. The van der Waals surface area contributed by atoms with Gasteiger partial charge in [0, 0.05) is 76.1 Å². The van der Waals surface area contributed by atoms with Gasteiger partial charge in [0.25, 0.3) is 0 Å². The monoisotopic (exact) mass is 667 g/mol. The minimum absolute atomic E-state index is 0.965. The van der Waals surface area contributed by atoms with E-state index < -0.39 is 0 Å². The van der Waals surface area contributed by atoms with Crippen molar-refractivity contribution in [3.8, 4) is 0 Å². The first-order chi connectivity index (χ1) is 26.8. The molecule has 1 aliphatic carbocycles. The normalized spacial score (nSPS) is 15.1. The van der Waals surface area contributed by atoms with Gasteiger partial charge in [0.15, 0.2) is 0 Å². The van der Waals surface area contributed by atoms with Gasteiger partial charge >= 0.3 is 0 Å². The van der Waals surface area contributed by atoms with E-state index in [2.05, 4.69) is 103 Å². The fourth-order valence-corrected chi connectivity index (χ4v) is 14.1. The highest BCUT2D eigenvalue weighted by molar-refractivity contribution is 6.66. The van der Waals surface area contributed by atoms with E-state index in [0.29, 0.717) is 0 Å². The smallest absolute Gasteiger partial charge is 0.0722 e. The second-order valence-corrected chi connectivity index (χ2v) is 17.5. The molecule has 0 nitrogen and oxygen atoms in total. The van der Waals surface area contributed by atoms with Crippen molar-refractivity contribution in [1.82, 2.24) is 0 Å². The maximum Gasteiger partial charge on any atom is 0.0759 e. The summed E-state index contributed by atoms with van der Waals surface area (Å²) in [7, 11) is 0. The van der Waals surface area contributed by atoms with Gasteiger partial charge in [-0.15, -0.1) is 0 Å². The molecule has 0 amide bonds. The van der Waals surface area contributed by atoms with Crippen molar-refractivity contribution in [2.75, 3.05) is 0 Å². The maximum atomic E-state index is 2.56. The molecule has 1 aliphatic rings. The van der Waals surface area contributed by atoms with Gasteiger partial charge in [-0.05, 0) is 141 Å². The molecule has 0 radical (unpaired) electrons. The molecule has 0 saturated heterocycles. The van der Waals surface area contributed by atoms with Gasteiger partial charge in [0.1, 0.15) is 0 Å². The Bertz CT molecular complexity index is 4720. The Hall–Kier alpha value is -6.89. The lowest BCUT2D eigenvalue weighted by molar-refractivity contribution is 1.40. The van der Waals surface area contributed by atoms with E-state index >= 15 is 0 Å². The van der Waals surface area contributed by atoms with Crippen LogP contribution in [0.5, 0.6) is 0 Å².